The van der Waals surface area contributed by atoms with E-state index in [-0.39, 0.29) is 23.7 Å². The van der Waals surface area contributed by atoms with Gasteiger partial charge in [0.1, 0.15) is 10.8 Å². The average molecular weight is 529 g/mol. The molecule has 2 heterocycles. The molecule has 8 nitrogen and oxygen atoms in total. The number of carbonyl (C=O) groups excluding carboxylic acids is 2. The molecule has 0 spiro atoms. The van der Waals surface area contributed by atoms with Gasteiger partial charge >= 0.3 is 5.97 Å². The lowest BCUT2D eigenvalue weighted by molar-refractivity contribution is -0.113. The van der Waals surface area contributed by atoms with Gasteiger partial charge in [0.15, 0.2) is 17.1 Å². The number of thiophene rings is 1. The summed E-state index contributed by atoms with van der Waals surface area (Å²) in [7, 11) is 0. The van der Waals surface area contributed by atoms with E-state index in [4.69, 9.17) is 9.47 Å². The van der Waals surface area contributed by atoms with E-state index in [2.05, 4.69) is 34.6 Å². The van der Waals surface area contributed by atoms with Crippen LogP contribution >= 0.6 is 23.1 Å². The van der Waals surface area contributed by atoms with Crippen molar-refractivity contribution in [2.45, 2.75) is 71.2 Å². The van der Waals surface area contributed by atoms with Crippen LogP contribution in [0.4, 0.5) is 5.00 Å². The molecule has 192 valence electrons. The molecule has 0 radical (unpaired) electrons. The number of aryl methyl sites for hydroxylation is 2. The number of benzene rings is 1. The zero-order chi connectivity index (χ0) is 25.7. The Hall–Kier alpha value is -2.85. The first kappa shape index (κ1) is 26.2. The van der Waals surface area contributed by atoms with Crippen LogP contribution in [0, 0.1) is 0 Å². The minimum Gasteiger partial charge on any atom is -0.483 e. The number of amides is 1. The van der Waals surface area contributed by atoms with Crippen LogP contribution in [0.5, 0.6) is 5.75 Å². The third-order valence-corrected chi connectivity index (χ3v) is 8.23. The van der Waals surface area contributed by atoms with Gasteiger partial charge in [0.05, 0.1) is 17.9 Å². The van der Waals surface area contributed by atoms with Crippen molar-refractivity contribution in [1.29, 1.82) is 0 Å². The molecule has 1 aromatic carbocycles. The van der Waals surface area contributed by atoms with Gasteiger partial charge in [-0.15, -0.1) is 21.5 Å². The third-order valence-electron chi connectivity index (χ3n) is 6.06. The molecule has 0 saturated heterocycles. The molecule has 0 saturated carbocycles. The van der Waals surface area contributed by atoms with E-state index >= 15 is 0 Å². The van der Waals surface area contributed by atoms with Crippen molar-refractivity contribution in [3.05, 3.63) is 51.7 Å². The molecule has 1 unspecified atom stereocenters. The molecule has 1 aliphatic rings. The molecule has 1 aliphatic carbocycles. The summed E-state index contributed by atoms with van der Waals surface area (Å²) in [5.41, 5.74) is 2.80. The number of hydrogen-bond donors (Lipinski definition) is 1. The zero-order valence-corrected chi connectivity index (χ0v) is 22.8. The van der Waals surface area contributed by atoms with E-state index in [1.165, 1.54) is 28.7 Å². The molecule has 2 aromatic heterocycles. The summed E-state index contributed by atoms with van der Waals surface area (Å²) in [4.78, 5) is 26.5. The lowest BCUT2D eigenvalue weighted by Crippen LogP contribution is -2.17. The highest BCUT2D eigenvalue weighted by molar-refractivity contribution is 7.99. The van der Waals surface area contributed by atoms with Crippen molar-refractivity contribution >= 4 is 40.0 Å². The Morgan fingerprint density at radius 3 is 2.64 bits per heavy atom. The number of anilines is 1. The second kappa shape index (κ2) is 11.9. The van der Waals surface area contributed by atoms with E-state index in [9.17, 15) is 9.59 Å². The van der Waals surface area contributed by atoms with Crippen LogP contribution < -0.4 is 10.1 Å². The van der Waals surface area contributed by atoms with Crippen LogP contribution in [0.3, 0.4) is 0 Å². The van der Waals surface area contributed by atoms with Gasteiger partial charge in [0, 0.05) is 11.4 Å². The van der Waals surface area contributed by atoms with E-state index in [1.54, 1.807) is 6.92 Å². The van der Waals surface area contributed by atoms with Gasteiger partial charge in [-0.2, -0.15) is 0 Å². The van der Waals surface area contributed by atoms with Crippen molar-refractivity contribution in [3.8, 4) is 5.75 Å². The molecule has 1 N–H and O–H groups in total. The number of nitrogens with zero attached hydrogens (tertiary/aromatic N) is 3. The molecule has 0 aliphatic heterocycles. The van der Waals surface area contributed by atoms with Gasteiger partial charge in [0.25, 0.3) is 0 Å². The number of esters is 1. The third kappa shape index (κ3) is 5.75. The molecular formula is C26H32N4O4S2. The van der Waals surface area contributed by atoms with E-state index in [0.717, 1.165) is 41.9 Å². The Morgan fingerprint density at radius 2 is 1.94 bits per heavy atom. The number of thioether (sulfide) groups is 1. The first-order valence-corrected chi connectivity index (χ1v) is 14.2. The highest BCUT2D eigenvalue weighted by Crippen LogP contribution is 2.39. The maximum Gasteiger partial charge on any atom is 0.341 e. The van der Waals surface area contributed by atoms with Gasteiger partial charge in [-0.25, -0.2) is 4.79 Å². The van der Waals surface area contributed by atoms with E-state index < -0.39 is 0 Å². The van der Waals surface area contributed by atoms with Crippen LogP contribution in [0.2, 0.25) is 0 Å². The Labute approximate surface area is 219 Å². The summed E-state index contributed by atoms with van der Waals surface area (Å²) in [5.74, 6) is 1.07. The predicted molar refractivity (Wildman–Crippen MR) is 142 cm³/mol. The number of hydrogen-bond acceptors (Lipinski definition) is 8. The van der Waals surface area contributed by atoms with Crippen molar-refractivity contribution in [3.63, 3.8) is 0 Å². The Balaban J connectivity index is 1.40. The topological polar surface area (TPSA) is 95.3 Å². The van der Waals surface area contributed by atoms with Crippen LogP contribution in [0.15, 0.2) is 29.4 Å². The highest BCUT2D eigenvalue weighted by Gasteiger charge is 2.28. The summed E-state index contributed by atoms with van der Waals surface area (Å²) in [6.45, 7) is 8.81. The number of rotatable bonds is 11. The van der Waals surface area contributed by atoms with E-state index in [1.807, 2.05) is 30.5 Å². The van der Waals surface area contributed by atoms with Gasteiger partial charge < -0.3 is 19.4 Å². The number of ether oxygens (including phenoxy) is 2. The smallest absolute Gasteiger partial charge is 0.341 e. The number of carbonyl (C=O) groups is 2. The summed E-state index contributed by atoms with van der Waals surface area (Å²) in [5, 5.41) is 12.8. The highest BCUT2D eigenvalue weighted by atomic mass is 32.2. The first-order chi connectivity index (χ1) is 17.4. The molecular weight excluding hydrogens is 496 g/mol. The monoisotopic (exact) mass is 528 g/mol. The van der Waals surface area contributed by atoms with Crippen LogP contribution in [-0.2, 0) is 35.3 Å². The molecule has 4 rings (SSSR count). The molecule has 1 atom stereocenters. The van der Waals surface area contributed by atoms with Gasteiger partial charge in [-0.1, -0.05) is 30.8 Å². The summed E-state index contributed by atoms with van der Waals surface area (Å²) in [6, 6.07) is 8.05. The van der Waals surface area contributed by atoms with Crippen LogP contribution in [-0.4, -0.2) is 39.0 Å². The van der Waals surface area contributed by atoms with Crippen molar-refractivity contribution in [2.75, 3.05) is 17.7 Å². The number of fused-ring (bicyclic) bond motifs is 1. The minimum absolute atomic E-state index is 0.149. The quantitative estimate of drug-likeness (QED) is 0.261. The predicted octanol–water partition coefficient (Wildman–Crippen LogP) is 5.46. The lowest BCUT2D eigenvalue weighted by Gasteiger charge is -2.16. The van der Waals surface area contributed by atoms with Crippen LogP contribution in [0.1, 0.15) is 72.4 Å². The fraction of sp³-hybridized carbons (Fsp3) is 0.462. The maximum atomic E-state index is 12.8. The zero-order valence-electron chi connectivity index (χ0n) is 21.1. The summed E-state index contributed by atoms with van der Waals surface area (Å²) in [6.07, 6.45) is 3.48. The Morgan fingerprint density at radius 1 is 1.17 bits per heavy atom. The maximum absolute atomic E-state index is 12.8. The Kier molecular flexibility index (Phi) is 8.68. The lowest BCUT2D eigenvalue weighted by atomic mass is 10.1. The SMILES string of the molecule is CCOC(=O)c1c(NC(=O)CSc2nnc(C(C)Oc3ccc(CC)cc3)n2CC)sc2c1CCC2. The van der Waals surface area contributed by atoms with E-state index in [0.29, 0.717) is 34.7 Å². The van der Waals surface area contributed by atoms with Crippen molar-refractivity contribution in [1.82, 2.24) is 14.8 Å². The second-order valence-corrected chi connectivity index (χ2v) is 10.5. The minimum atomic E-state index is -0.367. The molecule has 0 fully saturated rings. The number of aromatic nitrogens is 3. The standard InChI is InChI=1S/C26H32N4O4S2/c1-5-17-11-13-18(14-12-17)34-16(4)23-28-29-26(30(23)6-2)35-15-21(31)27-24-22(25(32)33-7-3)19-9-8-10-20(19)36-24/h11-14,16H,5-10,15H2,1-4H3,(H,27,31). The van der Waals surface area contributed by atoms with Crippen molar-refractivity contribution < 1.29 is 19.1 Å². The molecule has 1 amide bonds. The Bertz CT molecular complexity index is 1220. The van der Waals surface area contributed by atoms with Crippen LogP contribution in [0.25, 0.3) is 0 Å². The molecule has 3 aromatic rings. The van der Waals surface area contributed by atoms with Crippen molar-refractivity contribution in [2.24, 2.45) is 0 Å². The summed E-state index contributed by atoms with van der Waals surface area (Å²) < 4.78 is 13.3. The molecule has 36 heavy (non-hydrogen) atoms. The van der Waals surface area contributed by atoms with Gasteiger partial charge in [0.2, 0.25) is 5.91 Å². The fourth-order valence-electron chi connectivity index (χ4n) is 4.27. The summed E-state index contributed by atoms with van der Waals surface area (Å²) >= 11 is 2.79. The normalized spacial score (nSPS) is 13.3. The molecule has 0 bridgehead atoms. The van der Waals surface area contributed by atoms with Gasteiger partial charge in [-0.3, -0.25) is 4.79 Å². The largest absolute Gasteiger partial charge is 0.483 e. The number of nitrogens with one attached hydrogen (secondary N) is 1. The second-order valence-electron chi connectivity index (χ2n) is 8.46. The first-order valence-electron chi connectivity index (χ1n) is 12.4. The molecule has 10 heteroatoms. The average Bonchev–Trinajstić information content (AvgIpc) is 3.57. The van der Waals surface area contributed by atoms with Gasteiger partial charge in [-0.05, 0) is 69.7 Å². The fourth-order valence-corrected chi connectivity index (χ4v) is 6.37.